The van der Waals surface area contributed by atoms with Crippen LogP contribution in [0.3, 0.4) is 0 Å². The summed E-state index contributed by atoms with van der Waals surface area (Å²) >= 11 is 11.6. The summed E-state index contributed by atoms with van der Waals surface area (Å²) in [6, 6.07) is 1.96. The lowest BCUT2D eigenvalue weighted by Crippen LogP contribution is -2.46. The fraction of sp³-hybridized carbons (Fsp3) is 0.467. The number of carbonyl (C=O) groups excluding carboxylic acids is 2. The number of hydrogen-bond acceptors (Lipinski definition) is 2. The number of amides is 2. The lowest BCUT2D eigenvalue weighted by molar-refractivity contribution is -0.125. The number of hydrogen-bond donors (Lipinski definition) is 1. The normalized spacial score (nSPS) is 21.0. The second kappa shape index (κ2) is 6.05. The van der Waals surface area contributed by atoms with Gasteiger partial charge in [0.25, 0.3) is 5.91 Å². The number of halogens is 3. The number of carbonyl (C=O) groups is 2. The van der Waals surface area contributed by atoms with E-state index in [2.05, 4.69) is 5.32 Å². The summed E-state index contributed by atoms with van der Waals surface area (Å²) in [6.45, 7) is 0.460. The fourth-order valence-corrected chi connectivity index (χ4v) is 3.11. The van der Waals surface area contributed by atoms with Gasteiger partial charge in [-0.15, -0.1) is 0 Å². The van der Waals surface area contributed by atoms with Gasteiger partial charge in [-0.3, -0.25) is 9.59 Å². The van der Waals surface area contributed by atoms with E-state index in [0.29, 0.717) is 13.0 Å². The van der Waals surface area contributed by atoms with Gasteiger partial charge in [-0.1, -0.05) is 23.2 Å². The van der Waals surface area contributed by atoms with Crippen molar-refractivity contribution >= 4 is 35.0 Å². The zero-order valence-corrected chi connectivity index (χ0v) is 13.3. The van der Waals surface area contributed by atoms with E-state index >= 15 is 0 Å². The van der Waals surface area contributed by atoms with Crippen LogP contribution in [0.25, 0.3) is 0 Å². The Morgan fingerprint density at radius 2 is 1.91 bits per heavy atom. The van der Waals surface area contributed by atoms with Gasteiger partial charge < -0.3 is 10.2 Å². The van der Waals surface area contributed by atoms with E-state index in [1.165, 1.54) is 11.0 Å². The Balaban J connectivity index is 1.81. The van der Waals surface area contributed by atoms with E-state index in [-0.39, 0.29) is 27.6 Å². The van der Waals surface area contributed by atoms with E-state index in [4.69, 9.17) is 23.2 Å². The minimum Gasteiger partial charge on any atom is -0.352 e. The Kier molecular flexibility index (Phi) is 4.28. The highest BCUT2D eigenvalue weighted by atomic mass is 35.5. The maximum absolute atomic E-state index is 13.6. The first-order valence-electron chi connectivity index (χ1n) is 7.23. The largest absolute Gasteiger partial charge is 0.352 e. The maximum atomic E-state index is 13.6. The second-order valence-corrected chi connectivity index (χ2v) is 6.50. The van der Waals surface area contributed by atoms with Gasteiger partial charge in [0.2, 0.25) is 5.91 Å². The molecular weight excluding hydrogens is 330 g/mol. The standard InChI is InChI=1S/C15H15Cl2FN2O2/c16-10-7-11(17)12(18)6-9(10)15(22)20-5-1-2-13(20)14(21)19-8-3-4-8/h6-8,13H,1-5H2,(H,19,21). The van der Waals surface area contributed by atoms with Crippen LogP contribution in [-0.2, 0) is 4.79 Å². The summed E-state index contributed by atoms with van der Waals surface area (Å²) in [5, 5.41) is 2.86. The molecule has 22 heavy (non-hydrogen) atoms. The predicted octanol–water partition coefficient (Wildman–Crippen LogP) is 3.02. The molecule has 1 aromatic rings. The van der Waals surface area contributed by atoms with Crippen molar-refractivity contribution in [2.75, 3.05) is 6.54 Å². The third kappa shape index (κ3) is 3.06. The molecule has 2 aliphatic rings. The summed E-state index contributed by atoms with van der Waals surface area (Å²) in [7, 11) is 0. The first-order valence-corrected chi connectivity index (χ1v) is 7.99. The Morgan fingerprint density at radius 1 is 1.18 bits per heavy atom. The lowest BCUT2D eigenvalue weighted by Gasteiger charge is -2.24. The monoisotopic (exact) mass is 344 g/mol. The minimum atomic E-state index is -0.701. The number of likely N-dealkylation sites (tertiary alicyclic amines) is 1. The third-order valence-corrected chi connectivity index (χ3v) is 4.58. The molecule has 1 aliphatic heterocycles. The van der Waals surface area contributed by atoms with Gasteiger partial charge in [0.05, 0.1) is 15.6 Å². The van der Waals surface area contributed by atoms with Gasteiger partial charge in [0.1, 0.15) is 11.9 Å². The second-order valence-electron chi connectivity index (χ2n) is 5.69. The molecule has 1 saturated heterocycles. The number of rotatable bonds is 3. The molecule has 1 aromatic carbocycles. The molecule has 1 heterocycles. The molecule has 0 spiro atoms. The van der Waals surface area contributed by atoms with Crippen LogP contribution in [0.2, 0.25) is 10.0 Å². The first kappa shape index (κ1) is 15.6. The smallest absolute Gasteiger partial charge is 0.256 e. The first-order chi connectivity index (χ1) is 10.5. The number of nitrogens with zero attached hydrogens (tertiary/aromatic N) is 1. The minimum absolute atomic E-state index is 0.0367. The van der Waals surface area contributed by atoms with Crippen LogP contribution in [0.15, 0.2) is 12.1 Å². The molecule has 4 nitrogen and oxygen atoms in total. The maximum Gasteiger partial charge on any atom is 0.256 e. The van der Waals surface area contributed by atoms with Crippen LogP contribution in [0.4, 0.5) is 4.39 Å². The summed E-state index contributed by atoms with van der Waals surface area (Å²) in [5.41, 5.74) is 0.0367. The lowest BCUT2D eigenvalue weighted by atomic mass is 10.1. The molecule has 1 aliphatic carbocycles. The van der Waals surface area contributed by atoms with Crippen molar-refractivity contribution in [3.8, 4) is 0 Å². The number of benzene rings is 1. The molecular formula is C15H15Cl2FN2O2. The van der Waals surface area contributed by atoms with Crippen LogP contribution in [-0.4, -0.2) is 35.3 Å². The molecule has 2 amide bonds. The molecule has 0 radical (unpaired) electrons. The molecule has 1 saturated carbocycles. The average Bonchev–Trinajstić information content (AvgIpc) is 3.14. The summed E-state index contributed by atoms with van der Waals surface area (Å²) < 4.78 is 13.6. The van der Waals surface area contributed by atoms with E-state index < -0.39 is 17.8 Å². The summed E-state index contributed by atoms with van der Waals surface area (Å²) in [6.07, 6.45) is 3.32. The van der Waals surface area contributed by atoms with Crippen LogP contribution in [0.5, 0.6) is 0 Å². The molecule has 7 heteroatoms. The summed E-state index contributed by atoms with van der Waals surface area (Å²) in [4.78, 5) is 26.3. The van der Waals surface area contributed by atoms with E-state index in [9.17, 15) is 14.0 Å². The highest BCUT2D eigenvalue weighted by Crippen LogP contribution is 2.28. The van der Waals surface area contributed by atoms with Gasteiger partial charge >= 0.3 is 0 Å². The highest BCUT2D eigenvalue weighted by molar-refractivity contribution is 6.36. The van der Waals surface area contributed by atoms with Crippen molar-refractivity contribution in [3.05, 3.63) is 33.6 Å². The van der Waals surface area contributed by atoms with Crippen molar-refractivity contribution in [3.63, 3.8) is 0 Å². The summed E-state index contributed by atoms with van der Waals surface area (Å²) in [5.74, 6) is -1.28. The Morgan fingerprint density at radius 3 is 2.59 bits per heavy atom. The van der Waals surface area contributed by atoms with Crippen LogP contribution < -0.4 is 5.32 Å². The Labute approximate surface area is 137 Å². The van der Waals surface area contributed by atoms with Crippen LogP contribution in [0.1, 0.15) is 36.0 Å². The van der Waals surface area contributed by atoms with Gasteiger partial charge in [0.15, 0.2) is 0 Å². The topological polar surface area (TPSA) is 49.4 Å². The van der Waals surface area contributed by atoms with E-state index in [0.717, 1.165) is 25.3 Å². The van der Waals surface area contributed by atoms with E-state index in [1.807, 2.05) is 0 Å². The SMILES string of the molecule is O=C(NC1CC1)C1CCCN1C(=O)c1cc(F)c(Cl)cc1Cl. The fourth-order valence-electron chi connectivity index (χ4n) is 2.65. The molecule has 1 unspecified atom stereocenters. The quantitative estimate of drug-likeness (QED) is 0.857. The average molecular weight is 345 g/mol. The van der Waals surface area contributed by atoms with Crippen molar-refractivity contribution in [1.29, 1.82) is 0 Å². The van der Waals surface area contributed by atoms with Crippen molar-refractivity contribution in [2.24, 2.45) is 0 Å². The molecule has 0 bridgehead atoms. The zero-order chi connectivity index (χ0) is 15.9. The molecule has 118 valence electrons. The van der Waals surface area contributed by atoms with Crippen molar-refractivity contribution in [2.45, 2.75) is 37.8 Å². The van der Waals surface area contributed by atoms with Crippen LogP contribution in [0, 0.1) is 5.82 Å². The predicted molar refractivity (Wildman–Crippen MR) is 81.6 cm³/mol. The zero-order valence-electron chi connectivity index (χ0n) is 11.7. The van der Waals surface area contributed by atoms with Gasteiger partial charge in [-0.2, -0.15) is 0 Å². The van der Waals surface area contributed by atoms with Crippen molar-refractivity contribution in [1.82, 2.24) is 10.2 Å². The highest BCUT2D eigenvalue weighted by Gasteiger charge is 2.37. The van der Waals surface area contributed by atoms with Gasteiger partial charge in [-0.05, 0) is 37.8 Å². The number of nitrogens with one attached hydrogen (secondary N) is 1. The molecule has 1 atom stereocenters. The molecule has 2 fully saturated rings. The van der Waals surface area contributed by atoms with Gasteiger partial charge in [-0.25, -0.2) is 4.39 Å². The van der Waals surface area contributed by atoms with Crippen molar-refractivity contribution < 1.29 is 14.0 Å². The van der Waals surface area contributed by atoms with E-state index in [1.54, 1.807) is 0 Å². The molecule has 1 N–H and O–H groups in total. The Bertz CT molecular complexity index is 634. The Hall–Kier alpha value is -1.33. The molecule has 3 rings (SSSR count). The van der Waals surface area contributed by atoms with Gasteiger partial charge in [0, 0.05) is 12.6 Å². The van der Waals surface area contributed by atoms with Crippen LogP contribution >= 0.6 is 23.2 Å². The third-order valence-electron chi connectivity index (χ3n) is 3.98. The molecule has 0 aromatic heterocycles.